The fraction of sp³-hybridized carbons (Fsp3) is 0.276. The molecule has 0 spiro atoms. The molecule has 2 fully saturated rings. The SMILES string of the molecule is COc1c(Cl)cc(C)cc1/C(O)=C1\C(=O)C(=O)N(c2ccc(N3CCCCC3)cc2)C1c1cccnc1. The zero-order chi connectivity index (χ0) is 26.1. The summed E-state index contributed by atoms with van der Waals surface area (Å²) in [5.41, 5.74) is 3.22. The van der Waals surface area contributed by atoms with E-state index in [0.29, 0.717) is 16.3 Å². The third-order valence-electron chi connectivity index (χ3n) is 6.94. The maximum Gasteiger partial charge on any atom is 0.300 e. The molecule has 2 aliphatic heterocycles. The summed E-state index contributed by atoms with van der Waals surface area (Å²) >= 11 is 6.37. The highest BCUT2D eigenvalue weighted by atomic mass is 35.5. The third kappa shape index (κ3) is 4.55. The molecule has 2 aromatic carbocycles. The molecule has 3 heterocycles. The summed E-state index contributed by atoms with van der Waals surface area (Å²) in [6, 6.07) is 13.7. The first-order chi connectivity index (χ1) is 17.9. The average molecular weight is 518 g/mol. The number of ketones is 1. The number of rotatable bonds is 5. The number of anilines is 2. The Morgan fingerprint density at radius 3 is 2.41 bits per heavy atom. The number of piperidine rings is 1. The lowest BCUT2D eigenvalue weighted by Crippen LogP contribution is -2.30. The van der Waals surface area contributed by atoms with Crippen LogP contribution in [0.2, 0.25) is 5.02 Å². The van der Waals surface area contributed by atoms with Crippen molar-refractivity contribution in [1.29, 1.82) is 0 Å². The maximum absolute atomic E-state index is 13.5. The molecule has 0 saturated carbocycles. The first kappa shape index (κ1) is 24.8. The Balaban J connectivity index is 1.64. The van der Waals surface area contributed by atoms with E-state index >= 15 is 0 Å². The number of aliphatic hydroxyl groups excluding tert-OH is 1. The standard InChI is InChI=1S/C29H28ClN3O4/c1-18-15-22(28(37-2)23(30)16-18)26(34)24-25(19-7-6-12-31-17-19)33(29(36)27(24)35)21-10-8-20(9-11-21)32-13-4-3-5-14-32/h6-12,15-17,25,34H,3-5,13-14H2,1-2H3/b26-24+. The van der Waals surface area contributed by atoms with Crippen molar-refractivity contribution in [1.82, 2.24) is 4.98 Å². The summed E-state index contributed by atoms with van der Waals surface area (Å²) < 4.78 is 5.44. The Morgan fingerprint density at radius 1 is 1.05 bits per heavy atom. The van der Waals surface area contributed by atoms with Crippen LogP contribution in [0.25, 0.3) is 5.76 Å². The topological polar surface area (TPSA) is 83.0 Å². The largest absolute Gasteiger partial charge is 0.507 e. The number of hydrogen-bond donors (Lipinski definition) is 1. The fourth-order valence-corrected chi connectivity index (χ4v) is 5.54. The lowest BCUT2D eigenvalue weighted by atomic mass is 9.95. The Morgan fingerprint density at radius 2 is 1.76 bits per heavy atom. The van der Waals surface area contributed by atoms with Crippen molar-refractivity contribution < 1.29 is 19.4 Å². The minimum Gasteiger partial charge on any atom is -0.507 e. The summed E-state index contributed by atoms with van der Waals surface area (Å²) in [5, 5.41) is 11.8. The van der Waals surface area contributed by atoms with E-state index in [1.807, 2.05) is 31.2 Å². The van der Waals surface area contributed by atoms with Crippen LogP contribution in [0.1, 0.15) is 42.0 Å². The molecule has 190 valence electrons. The minimum absolute atomic E-state index is 0.0435. The molecule has 1 unspecified atom stereocenters. The van der Waals surface area contributed by atoms with Gasteiger partial charge in [0.15, 0.2) is 0 Å². The lowest BCUT2D eigenvalue weighted by Gasteiger charge is -2.30. The van der Waals surface area contributed by atoms with E-state index in [9.17, 15) is 14.7 Å². The summed E-state index contributed by atoms with van der Waals surface area (Å²) in [4.78, 5) is 34.9. The van der Waals surface area contributed by atoms with Crippen LogP contribution < -0.4 is 14.5 Å². The van der Waals surface area contributed by atoms with Gasteiger partial charge in [0, 0.05) is 36.9 Å². The van der Waals surface area contributed by atoms with E-state index in [-0.39, 0.29) is 22.6 Å². The number of aryl methyl sites for hydroxylation is 1. The predicted molar refractivity (Wildman–Crippen MR) is 144 cm³/mol. The molecule has 3 aromatic rings. The van der Waals surface area contributed by atoms with Crippen molar-refractivity contribution >= 4 is 40.4 Å². The second-order valence-electron chi connectivity index (χ2n) is 9.35. The second kappa shape index (κ2) is 10.3. The first-order valence-corrected chi connectivity index (χ1v) is 12.7. The fourth-order valence-electron chi connectivity index (χ4n) is 5.19. The zero-order valence-corrected chi connectivity index (χ0v) is 21.5. The van der Waals surface area contributed by atoms with Crippen molar-refractivity contribution in [3.05, 3.63) is 88.2 Å². The van der Waals surface area contributed by atoms with Crippen LogP contribution in [0.15, 0.2) is 66.5 Å². The molecule has 1 atom stereocenters. The van der Waals surface area contributed by atoms with E-state index in [2.05, 4.69) is 9.88 Å². The Kier molecular flexibility index (Phi) is 6.89. The summed E-state index contributed by atoms with van der Waals surface area (Å²) in [7, 11) is 1.44. The molecule has 8 heteroatoms. The number of methoxy groups -OCH3 is 1. The van der Waals surface area contributed by atoms with Crippen LogP contribution in [0.5, 0.6) is 5.75 Å². The number of hydrogen-bond acceptors (Lipinski definition) is 6. The van der Waals surface area contributed by atoms with Crippen LogP contribution in [-0.4, -0.2) is 42.0 Å². The van der Waals surface area contributed by atoms with Gasteiger partial charge in [-0.05, 0) is 79.8 Å². The molecule has 0 radical (unpaired) electrons. The molecule has 1 amide bonds. The number of halogens is 1. The van der Waals surface area contributed by atoms with Crippen molar-refractivity contribution in [2.75, 3.05) is 30.0 Å². The van der Waals surface area contributed by atoms with E-state index in [1.54, 1.807) is 36.7 Å². The zero-order valence-electron chi connectivity index (χ0n) is 20.8. The van der Waals surface area contributed by atoms with Crippen molar-refractivity contribution in [3.63, 3.8) is 0 Å². The number of Topliss-reactive ketones (excluding diaryl/α,β-unsaturated/α-hetero) is 1. The van der Waals surface area contributed by atoms with Gasteiger partial charge < -0.3 is 14.7 Å². The number of aromatic nitrogens is 1. The second-order valence-corrected chi connectivity index (χ2v) is 9.75. The number of pyridine rings is 1. The van der Waals surface area contributed by atoms with Gasteiger partial charge in [-0.1, -0.05) is 17.7 Å². The maximum atomic E-state index is 13.5. The number of carbonyl (C=O) groups excluding carboxylic acids is 2. The molecule has 0 bridgehead atoms. The molecule has 37 heavy (non-hydrogen) atoms. The monoisotopic (exact) mass is 517 g/mol. The van der Waals surface area contributed by atoms with Gasteiger partial charge in [0.1, 0.15) is 11.5 Å². The van der Waals surface area contributed by atoms with Crippen molar-refractivity contribution in [2.24, 2.45) is 0 Å². The summed E-state index contributed by atoms with van der Waals surface area (Å²) in [6.07, 6.45) is 6.76. The Labute approximate surface area is 220 Å². The number of benzene rings is 2. The molecule has 2 aliphatic rings. The lowest BCUT2D eigenvalue weighted by molar-refractivity contribution is -0.132. The highest BCUT2D eigenvalue weighted by Crippen LogP contribution is 2.44. The molecule has 7 nitrogen and oxygen atoms in total. The van der Waals surface area contributed by atoms with Crippen LogP contribution >= 0.6 is 11.6 Å². The van der Waals surface area contributed by atoms with Crippen LogP contribution in [0, 0.1) is 6.92 Å². The quantitative estimate of drug-likeness (QED) is 0.267. The van der Waals surface area contributed by atoms with Crippen LogP contribution in [-0.2, 0) is 9.59 Å². The van der Waals surface area contributed by atoms with Gasteiger partial charge in [0.05, 0.1) is 29.3 Å². The normalized spacial score (nSPS) is 19.4. The Bertz CT molecular complexity index is 1370. The third-order valence-corrected chi connectivity index (χ3v) is 7.22. The first-order valence-electron chi connectivity index (χ1n) is 12.3. The van der Waals surface area contributed by atoms with Gasteiger partial charge in [-0.2, -0.15) is 0 Å². The van der Waals surface area contributed by atoms with Gasteiger partial charge in [-0.15, -0.1) is 0 Å². The van der Waals surface area contributed by atoms with E-state index in [1.165, 1.54) is 18.4 Å². The van der Waals surface area contributed by atoms with Gasteiger partial charge in [0.25, 0.3) is 11.7 Å². The van der Waals surface area contributed by atoms with E-state index < -0.39 is 17.7 Å². The van der Waals surface area contributed by atoms with Gasteiger partial charge in [0.2, 0.25) is 0 Å². The highest BCUT2D eigenvalue weighted by Gasteiger charge is 2.47. The number of nitrogens with zero attached hydrogens (tertiary/aromatic N) is 3. The van der Waals surface area contributed by atoms with Crippen molar-refractivity contribution in [3.8, 4) is 5.75 Å². The molecule has 1 aromatic heterocycles. The van der Waals surface area contributed by atoms with E-state index in [0.717, 1.165) is 37.2 Å². The van der Waals surface area contributed by atoms with E-state index in [4.69, 9.17) is 16.3 Å². The Hall–Kier alpha value is -3.84. The van der Waals surface area contributed by atoms with Crippen molar-refractivity contribution in [2.45, 2.75) is 32.2 Å². The molecule has 0 aliphatic carbocycles. The molecule has 5 rings (SSSR count). The van der Waals surface area contributed by atoms with Crippen LogP contribution in [0.4, 0.5) is 11.4 Å². The van der Waals surface area contributed by atoms with Gasteiger partial charge in [-0.3, -0.25) is 19.5 Å². The molecule has 1 N–H and O–H groups in total. The smallest absolute Gasteiger partial charge is 0.300 e. The van der Waals surface area contributed by atoms with Crippen LogP contribution in [0.3, 0.4) is 0 Å². The number of ether oxygens (including phenoxy) is 1. The molecule has 2 saturated heterocycles. The number of carbonyl (C=O) groups is 2. The van der Waals surface area contributed by atoms with Gasteiger partial charge in [-0.25, -0.2) is 0 Å². The number of amides is 1. The number of aliphatic hydroxyl groups is 1. The molecular weight excluding hydrogens is 490 g/mol. The predicted octanol–water partition coefficient (Wildman–Crippen LogP) is 5.67. The highest BCUT2D eigenvalue weighted by molar-refractivity contribution is 6.51. The summed E-state index contributed by atoms with van der Waals surface area (Å²) in [5.74, 6) is -1.63. The summed E-state index contributed by atoms with van der Waals surface area (Å²) in [6.45, 7) is 3.82. The minimum atomic E-state index is -0.876. The average Bonchev–Trinajstić information content (AvgIpc) is 3.19. The van der Waals surface area contributed by atoms with Gasteiger partial charge >= 0.3 is 0 Å². The molecular formula is C29H28ClN3O4.